The highest BCUT2D eigenvalue weighted by Crippen LogP contribution is 2.36. The van der Waals surface area contributed by atoms with Gasteiger partial charge in [-0.05, 0) is 34.8 Å². The van der Waals surface area contributed by atoms with Gasteiger partial charge >= 0.3 is 0 Å². The Morgan fingerprint density at radius 2 is 1.35 bits per heavy atom. The summed E-state index contributed by atoms with van der Waals surface area (Å²) in [5, 5.41) is 5.63. The largest absolute Gasteiger partial charge is 0.494 e. The van der Waals surface area contributed by atoms with Crippen LogP contribution in [0.25, 0.3) is 6.08 Å². The zero-order valence-corrected chi connectivity index (χ0v) is 20.1. The van der Waals surface area contributed by atoms with Crippen molar-refractivity contribution >= 4 is 29.3 Å². The molecule has 2 N–H and O–H groups in total. The third kappa shape index (κ3) is 6.25. The number of ether oxygens (including phenoxy) is 2. The van der Waals surface area contributed by atoms with Crippen LogP contribution in [0.4, 0.5) is 11.4 Å². The van der Waals surface area contributed by atoms with E-state index in [-0.39, 0.29) is 17.2 Å². The molecule has 6 heteroatoms. The van der Waals surface area contributed by atoms with Gasteiger partial charge in [0.15, 0.2) is 0 Å². The maximum Gasteiger partial charge on any atom is 0.255 e. The third-order valence-corrected chi connectivity index (χ3v) is 5.27. The Labute approximate surface area is 200 Å². The van der Waals surface area contributed by atoms with E-state index in [2.05, 4.69) is 43.5 Å². The number of methoxy groups -OCH3 is 2. The number of carbonyl (C=O) groups excluding carboxylic acids is 2. The number of hydrogen-bond donors (Lipinski definition) is 2. The first-order valence-electron chi connectivity index (χ1n) is 10.9. The molecule has 6 nitrogen and oxygen atoms in total. The van der Waals surface area contributed by atoms with Crippen LogP contribution < -0.4 is 20.1 Å². The van der Waals surface area contributed by atoms with Crippen LogP contribution >= 0.6 is 0 Å². The van der Waals surface area contributed by atoms with Crippen LogP contribution in [0.5, 0.6) is 11.5 Å². The van der Waals surface area contributed by atoms with Gasteiger partial charge in [-0.3, -0.25) is 9.59 Å². The first-order valence-corrected chi connectivity index (χ1v) is 10.9. The van der Waals surface area contributed by atoms with E-state index in [9.17, 15) is 9.59 Å². The molecule has 0 heterocycles. The zero-order valence-electron chi connectivity index (χ0n) is 20.1. The van der Waals surface area contributed by atoms with E-state index in [0.717, 1.165) is 5.56 Å². The molecule has 0 saturated heterocycles. The summed E-state index contributed by atoms with van der Waals surface area (Å²) in [6.07, 6.45) is 3.21. The van der Waals surface area contributed by atoms with E-state index < -0.39 is 0 Å². The van der Waals surface area contributed by atoms with Crippen molar-refractivity contribution < 1.29 is 19.1 Å². The molecular weight excluding hydrogens is 428 g/mol. The lowest BCUT2D eigenvalue weighted by atomic mass is 9.87. The molecule has 176 valence electrons. The molecule has 2 amide bonds. The molecule has 0 atom stereocenters. The fourth-order valence-corrected chi connectivity index (χ4v) is 3.32. The van der Waals surface area contributed by atoms with Crippen molar-refractivity contribution in [1.82, 2.24) is 0 Å². The first-order chi connectivity index (χ1) is 16.2. The van der Waals surface area contributed by atoms with Gasteiger partial charge in [0.2, 0.25) is 5.91 Å². The first kappa shape index (κ1) is 24.6. The van der Waals surface area contributed by atoms with Gasteiger partial charge in [-0.1, -0.05) is 63.2 Å². The van der Waals surface area contributed by atoms with Gasteiger partial charge in [-0.25, -0.2) is 0 Å². The van der Waals surface area contributed by atoms with Crippen molar-refractivity contribution in [2.45, 2.75) is 26.2 Å². The summed E-state index contributed by atoms with van der Waals surface area (Å²) in [5.74, 6) is 0.182. The summed E-state index contributed by atoms with van der Waals surface area (Å²) >= 11 is 0. The topological polar surface area (TPSA) is 76.7 Å². The van der Waals surface area contributed by atoms with E-state index >= 15 is 0 Å². The minimum atomic E-state index is -0.318. The van der Waals surface area contributed by atoms with Gasteiger partial charge in [0.1, 0.15) is 11.5 Å². The molecule has 0 aromatic heterocycles. The molecule has 0 aliphatic carbocycles. The van der Waals surface area contributed by atoms with Crippen molar-refractivity contribution in [2.75, 3.05) is 24.9 Å². The second kappa shape index (κ2) is 10.7. The summed E-state index contributed by atoms with van der Waals surface area (Å²) in [5.41, 5.74) is 3.59. The third-order valence-electron chi connectivity index (χ3n) is 5.27. The highest BCUT2D eigenvalue weighted by Gasteiger charge is 2.16. The van der Waals surface area contributed by atoms with Crippen LogP contribution in [0, 0.1) is 0 Å². The Morgan fingerprint density at radius 1 is 0.794 bits per heavy atom. The predicted molar refractivity (Wildman–Crippen MR) is 137 cm³/mol. The fraction of sp³-hybridized carbons (Fsp3) is 0.214. The summed E-state index contributed by atoms with van der Waals surface area (Å²) < 4.78 is 10.9. The second-order valence-electron chi connectivity index (χ2n) is 8.77. The van der Waals surface area contributed by atoms with Crippen molar-refractivity contribution in [1.29, 1.82) is 0 Å². The molecule has 0 aliphatic heterocycles. The van der Waals surface area contributed by atoms with Crippen LogP contribution in [0.2, 0.25) is 0 Å². The number of benzene rings is 3. The minimum absolute atomic E-state index is 0.0714. The lowest BCUT2D eigenvalue weighted by Gasteiger charge is -2.18. The smallest absolute Gasteiger partial charge is 0.255 e. The standard InChI is InChI=1S/C28H30N2O4/c1-28(2,3)21-14-11-19(12-15-21)13-16-26(31)29-22-17-25(34-5)23(18-24(22)33-4)30-27(32)20-9-7-6-8-10-20/h6-18H,1-5H3,(H,29,31)(H,30,32). The van der Waals surface area contributed by atoms with Gasteiger partial charge in [-0.15, -0.1) is 0 Å². The highest BCUT2D eigenvalue weighted by molar-refractivity contribution is 6.06. The Kier molecular flexibility index (Phi) is 7.74. The lowest BCUT2D eigenvalue weighted by molar-refractivity contribution is -0.111. The molecule has 0 fully saturated rings. The van der Waals surface area contributed by atoms with Gasteiger partial charge < -0.3 is 20.1 Å². The molecular formula is C28H30N2O4. The summed E-state index contributed by atoms with van der Waals surface area (Å²) in [4.78, 5) is 25.1. The molecule has 0 bridgehead atoms. The monoisotopic (exact) mass is 458 g/mol. The van der Waals surface area contributed by atoms with Crippen LogP contribution in [0.3, 0.4) is 0 Å². The molecule has 0 spiro atoms. The van der Waals surface area contributed by atoms with Crippen molar-refractivity contribution in [3.05, 3.63) is 89.5 Å². The Balaban J connectivity index is 1.75. The number of nitrogens with one attached hydrogen (secondary N) is 2. The SMILES string of the molecule is COc1cc(NC(=O)c2ccccc2)c(OC)cc1NC(=O)C=Cc1ccc(C(C)(C)C)cc1. The summed E-state index contributed by atoms with van der Waals surface area (Å²) in [6, 6.07) is 20.2. The van der Waals surface area contributed by atoms with Crippen molar-refractivity contribution in [2.24, 2.45) is 0 Å². The van der Waals surface area contributed by atoms with Crippen molar-refractivity contribution in [3.8, 4) is 11.5 Å². The quantitative estimate of drug-likeness (QED) is 0.432. The maximum absolute atomic E-state index is 12.6. The average molecular weight is 459 g/mol. The van der Waals surface area contributed by atoms with Gasteiger partial charge in [0.25, 0.3) is 5.91 Å². The van der Waals surface area contributed by atoms with Gasteiger partial charge in [0.05, 0.1) is 25.6 Å². The Morgan fingerprint density at radius 3 is 1.88 bits per heavy atom. The Bertz CT molecular complexity index is 1180. The molecule has 0 saturated carbocycles. The van der Waals surface area contributed by atoms with Gasteiger partial charge in [-0.2, -0.15) is 0 Å². The van der Waals surface area contributed by atoms with Gasteiger partial charge in [0, 0.05) is 23.8 Å². The molecule has 3 rings (SSSR count). The van der Waals surface area contributed by atoms with Crippen LogP contribution in [0.1, 0.15) is 42.3 Å². The van der Waals surface area contributed by atoms with Crippen LogP contribution in [-0.2, 0) is 10.2 Å². The lowest BCUT2D eigenvalue weighted by Crippen LogP contribution is -2.14. The second-order valence-corrected chi connectivity index (χ2v) is 8.77. The number of amides is 2. The summed E-state index contributed by atoms with van der Waals surface area (Å²) in [7, 11) is 2.99. The molecule has 0 aliphatic rings. The van der Waals surface area contributed by atoms with E-state index in [4.69, 9.17) is 9.47 Å². The number of anilines is 2. The molecule has 0 unspecified atom stereocenters. The molecule has 3 aromatic carbocycles. The molecule has 0 radical (unpaired) electrons. The van der Waals surface area contributed by atoms with Crippen LogP contribution in [0.15, 0.2) is 72.8 Å². The summed E-state index contributed by atoms with van der Waals surface area (Å²) in [6.45, 7) is 6.47. The predicted octanol–water partition coefficient (Wildman–Crippen LogP) is 5.91. The Hall–Kier alpha value is -4.06. The average Bonchev–Trinajstić information content (AvgIpc) is 2.83. The van der Waals surface area contributed by atoms with E-state index in [1.807, 2.05) is 18.2 Å². The minimum Gasteiger partial charge on any atom is -0.494 e. The number of hydrogen-bond acceptors (Lipinski definition) is 4. The molecule has 34 heavy (non-hydrogen) atoms. The zero-order chi connectivity index (χ0) is 24.7. The maximum atomic E-state index is 12.6. The van der Waals surface area contributed by atoms with Crippen molar-refractivity contribution in [3.63, 3.8) is 0 Å². The molecule has 3 aromatic rings. The van der Waals surface area contributed by atoms with E-state index in [1.165, 1.54) is 25.9 Å². The number of carbonyl (C=O) groups is 2. The van der Waals surface area contributed by atoms with E-state index in [0.29, 0.717) is 28.4 Å². The van der Waals surface area contributed by atoms with Crippen LogP contribution in [-0.4, -0.2) is 26.0 Å². The number of rotatable bonds is 7. The highest BCUT2D eigenvalue weighted by atomic mass is 16.5. The van der Waals surface area contributed by atoms with E-state index in [1.54, 1.807) is 42.5 Å². The normalized spacial score (nSPS) is 11.2. The fourth-order valence-electron chi connectivity index (χ4n) is 3.32.